The van der Waals surface area contributed by atoms with Crippen LogP contribution in [0.15, 0.2) is 114 Å². The van der Waals surface area contributed by atoms with Crippen LogP contribution >= 0.6 is 12.6 Å². The summed E-state index contributed by atoms with van der Waals surface area (Å²) in [6, 6.07) is 27.6. The number of benzene rings is 3. The summed E-state index contributed by atoms with van der Waals surface area (Å²) in [4.78, 5) is 7.29. The second-order valence-electron chi connectivity index (χ2n) is 8.96. The van der Waals surface area contributed by atoms with Crippen LogP contribution in [0.4, 0.5) is 0 Å². The smallest absolute Gasteiger partial charge is 0.131 e. The van der Waals surface area contributed by atoms with Crippen molar-refractivity contribution in [3.63, 3.8) is 0 Å². The van der Waals surface area contributed by atoms with E-state index in [0.29, 0.717) is 0 Å². The van der Waals surface area contributed by atoms with Gasteiger partial charge in [-0.1, -0.05) is 85.4 Å². The first-order valence-corrected chi connectivity index (χ1v) is 12.6. The molecule has 0 saturated heterocycles. The van der Waals surface area contributed by atoms with E-state index >= 15 is 0 Å². The van der Waals surface area contributed by atoms with Gasteiger partial charge in [-0.2, -0.15) is 12.6 Å². The van der Waals surface area contributed by atoms with E-state index in [-0.39, 0.29) is 0 Å². The molecule has 3 aromatic carbocycles. The fraction of sp³-hybridized carbons (Fsp3) is 0.219. The third kappa shape index (κ3) is 7.60. The van der Waals surface area contributed by atoms with E-state index in [1.165, 1.54) is 39.0 Å². The van der Waals surface area contributed by atoms with Gasteiger partial charge in [0.2, 0.25) is 0 Å². The van der Waals surface area contributed by atoms with Gasteiger partial charge in [-0.3, -0.25) is 0 Å². The van der Waals surface area contributed by atoms with Crippen molar-refractivity contribution in [3.8, 4) is 0 Å². The summed E-state index contributed by atoms with van der Waals surface area (Å²) in [5.74, 6) is 1.69. The lowest BCUT2D eigenvalue weighted by Crippen LogP contribution is -2.15. The van der Waals surface area contributed by atoms with Crippen molar-refractivity contribution >= 4 is 23.9 Å². The van der Waals surface area contributed by atoms with E-state index in [1.807, 2.05) is 12.1 Å². The number of rotatable bonds is 10. The van der Waals surface area contributed by atoms with E-state index in [2.05, 4.69) is 131 Å². The monoisotopic (exact) mass is 480 g/mol. The molecule has 0 saturated carbocycles. The molecule has 3 heteroatoms. The predicted octanol–water partition coefficient (Wildman–Crippen LogP) is 8.06. The molecule has 35 heavy (non-hydrogen) atoms. The highest BCUT2D eigenvalue weighted by molar-refractivity contribution is 7.79. The predicted molar refractivity (Wildman–Crippen MR) is 156 cm³/mol. The molecule has 0 amide bonds. The summed E-state index contributed by atoms with van der Waals surface area (Å²) >= 11 is 4.43. The van der Waals surface area contributed by atoms with Gasteiger partial charge < -0.3 is 4.90 Å². The van der Waals surface area contributed by atoms with Crippen LogP contribution < -0.4 is 0 Å². The molecule has 3 rings (SSSR count). The molecule has 180 valence electrons. The molecule has 2 nitrogen and oxygen atoms in total. The summed E-state index contributed by atoms with van der Waals surface area (Å²) < 4.78 is 0. The summed E-state index contributed by atoms with van der Waals surface area (Å²) in [7, 11) is 2.08. The van der Waals surface area contributed by atoms with Gasteiger partial charge in [0, 0.05) is 31.1 Å². The Morgan fingerprint density at radius 3 is 2.17 bits per heavy atom. The molecule has 0 aromatic heterocycles. The molecule has 3 aromatic rings. The highest BCUT2D eigenvalue weighted by Crippen LogP contribution is 2.21. The molecule has 0 fully saturated rings. The van der Waals surface area contributed by atoms with Gasteiger partial charge in [0.05, 0.1) is 0 Å². The van der Waals surface area contributed by atoms with Gasteiger partial charge in [-0.25, -0.2) is 4.99 Å². The Kier molecular flexibility index (Phi) is 9.75. The molecule has 0 N–H and O–H groups in total. The first-order chi connectivity index (χ1) is 16.9. The number of allylic oxidation sites excluding steroid dienone is 3. The Hall–Kier alpha value is -3.30. The topological polar surface area (TPSA) is 15.6 Å². The lowest BCUT2D eigenvalue weighted by Gasteiger charge is -2.21. The molecular weight excluding hydrogens is 444 g/mol. The van der Waals surface area contributed by atoms with E-state index < -0.39 is 0 Å². The maximum Gasteiger partial charge on any atom is 0.131 e. The average Bonchev–Trinajstić information content (AvgIpc) is 2.87. The van der Waals surface area contributed by atoms with Gasteiger partial charge in [-0.05, 0) is 72.2 Å². The van der Waals surface area contributed by atoms with Crippen molar-refractivity contribution in [2.75, 3.05) is 7.05 Å². The van der Waals surface area contributed by atoms with Crippen LogP contribution in [0.25, 0.3) is 5.57 Å². The molecule has 0 unspecified atom stereocenters. The quantitative estimate of drug-likeness (QED) is 0.229. The Bertz CT molecular complexity index is 1220. The molecule has 0 aliphatic heterocycles. The highest BCUT2D eigenvalue weighted by Gasteiger charge is 2.11. The average molecular weight is 481 g/mol. The first kappa shape index (κ1) is 26.3. The molecule has 0 aliphatic rings. The third-order valence-corrected chi connectivity index (χ3v) is 6.43. The molecule has 0 bridgehead atoms. The Morgan fingerprint density at radius 2 is 1.57 bits per heavy atom. The number of aryl methyl sites for hydroxylation is 1. The van der Waals surface area contributed by atoms with Crippen LogP contribution in [-0.4, -0.2) is 17.7 Å². The minimum Gasteiger partial charge on any atom is -0.336 e. The van der Waals surface area contributed by atoms with Gasteiger partial charge in [-0.15, -0.1) is 0 Å². The fourth-order valence-electron chi connectivity index (χ4n) is 4.13. The van der Waals surface area contributed by atoms with Gasteiger partial charge in [0.1, 0.15) is 5.82 Å². The van der Waals surface area contributed by atoms with Crippen LogP contribution in [0.3, 0.4) is 0 Å². The summed E-state index contributed by atoms with van der Waals surface area (Å²) in [5.41, 5.74) is 9.56. The van der Waals surface area contributed by atoms with Crippen molar-refractivity contribution in [1.82, 2.24) is 4.90 Å². The Balaban J connectivity index is 1.98. The molecule has 0 atom stereocenters. The molecule has 0 heterocycles. The number of thiol groups is 1. The van der Waals surface area contributed by atoms with Gasteiger partial charge in [0.15, 0.2) is 0 Å². The van der Waals surface area contributed by atoms with Crippen LogP contribution in [-0.2, 0) is 18.6 Å². The van der Waals surface area contributed by atoms with Crippen molar-refractivity contribution in [1.29, 1.82) is 0 Å². The second kappa shape index (κ2) is 13.0. The van der Waals surface area contributed by atoms with Crippen LogP contribution in [0.2, 0.25) is 0 Å². The number of aliphatic imine (C=N–C) groups is 1. The van der Waals surface area contributed by atoms with E-state index in [1.54, 1.807) is 0 Å². The lowest BCUT2D eigenvalue weighted by molar-refractivity contribution is 0.552. The Labute approximate surface area is 216 Å². The normalized spacial score (nSPS) is 12.8. The van der Waals surface area contributed by atoms with E-state index in [9.17, 15) is 0 Å². The highest BCUT2D eigenvalue weighted by atomic mass is 32.1. The van der Waals surface area contributed by atoms with Crippen molar-refractivity contribution in [2.24, 2.45) is 4.99 Å². The maximum atomic E-state index is 5.15. The third-order valence-electron chi connectivity index (χ3n) is 6.09. The standard InChI is InChI=1S/C32H36N2S/c1-6-31(21-28-17-18-30(23-35)24(2)19-28)33-32(25(3)20-27-13-9-7-10-14-27)34(5)22-26(4)29-15-11-8-12-16-29/h6-19,22,35H,1,20-21,23H2,2-5H3/b26-22+,32-25+,33-31?. The molecule has 0 aliphatic carbocycles. The summed E-state index contributed by atoms with van der Waals surface area (Å²) in [6.45, 7) is 10.5. The van der Waals surface area contributed by atoms with Crippen molar-refractivity contribution < 1.29 is 0 Å². The minimum absolute atomic E-state index is 0.731. The SMILES string of the molecule is C=CC(Cc1ccc(CS)c(C)c1)=N/C(=C(/C)Cc1ccccc1)N(C)/C=C(\C)c1ccccc1. The summed E-state index contributed by atoms with van der Waals surface area (Å²) in [5, 5.41) is 0. The van der Waals surface area contributed by atoms with Crippen molar-refractivity contribution in [3.05, 3.63) is 137 Å². The zero-order valence-corrected chi connectivity index (χ0v) is 22.2. The van der Waals surface area contributed by atoms with Crippen LogP contribution in [0.1, 0.15) is 41.7 Å². The van der Waals surface area contributed by atoms with Gasteiger partial charge in [0.25, 0.3) is 0 Å². The molecule has 0 spiro atoms. The van der Waals surface area contributed by atoms with Gasteiger partial charge >= 0.3 is 0 Å². The van der Waals surface area contributed by atoms with Crippen LogP contribution in [0, 0.1) is 6.92 Å². The first-order valence-electron chi connectivity index (χ1n) is 12.0. The van der Waals surface area contributed by atoms with Crippen molar-refractivity contribution in [2.45, 2.75) is 39.4 Å². The number of hydrogen-bond acceptors (Lipinski definition) is 3. The molecular formula is C32H36N2S. The number of nitrogens with zero attached hydrogens (tertiary/aromatic N) is 2. The second-order valence-corrected chi connectivity index (χ2v) is 9.27. The Morgan fingerprint density at radius 1 is 0.914 bits per heavy atom. The van der Waals surface area contributed by atoms with E-state index in [4.69, 9.17) is 4.99 Å². The molecule has 0 radical (unpaired) electrons. The lowest BCUT2D eigenvalue weighted by atomic mass is 10.0. The maximum absolute atomic E-state index is 5.15. The van der Waals surface area contributed by atoms with Crippen LogP contribution in [0.5, 0.6) is 0 Å². The fourth-order valence-corrected chi connectivity index (χ4v) is 4.49. The largest absolute Gasteiger partial charge is 0.336 e. The minimum atomic E-state index is 0.731. The van der Waals surface area contributed by atoms with E-state index in [0.717, 1.165) is 30.1 Å². The zero-order valence-electron chi connectivity index (χ0n) is 21.3. The number of hydrogen-bond donors (Lipinski definition) is 1. The zero-order chi connectivity index (χ0) is 25.2. The summed E-state index contributed by atoms with van der Waals surface area (Å²) in [6.07, 6.45) is 5.60.